The average molecular weight is 591 g/mol. The van der Waals surface area contributed by atoms with Crippen LogP contribution in [0.3, 0.4) is 0 Å². The lowest BCUT2D eigenvalue weighted by molar-refractivity contribution is 0.0913. The first kappa shape index (κ1) is 30.3. The molecule has 3 aromatic carbocycles. The standard InChI is InChI=1S/C31H34N4O6S/c1-19-12-13-22(16-23(19)25-17-27(41-34-25)30(37)32-18-20-10-8-7-9-11-20)33-29(36)24-14-21(31(2,3)4)15-26(28(24)40-5)35-42(6,38)39/h7-17,35H,18H2,1-6H3,(H,32,37)(H,33,36). The molecule has 3 N–H and O–H groups in total. The van der Waals surface area contributed by atoms with Crippen molar-refractivity contribution < 1.29 is 27.3 Å². The third kappa shape index (κ3) is 7.35. The molecular weight excluding hydrogens is 556 g/mol. The van der Waals surface area contributed by atoms with Crippen molar-refractivity contribution in [1.29, 1.82) is 0 Å². The molecule has 11 heteroatoms. The number of rotatable bonds is 9. The second-order valence-electron chi connectivity index (χ2n) is 11.0. The first-order valence-electron chi connectivity index (χ1n) is 13.2. The Hall–Kier alpha value is -4.64. The Labute approximate surface area is 245 Å². The number of hydrogen-bond donors (Lipinski definition) is 3. The lowest BCUT2D eigenvalue weighted by Gasteiger charge is -2.23. The van der Waals surface area contributed by atoms with Gasteiger partial charge in [-0.15, -0.1) is 0 Å². The fourth-order valence-electron chi connectivity index (χ4n) is 4.27. The summed E-state index contributed by atoms with van der Waals surface area (Å²) in [6.07, 6.45) is 1.03. The molecule has 220 valence electrons. The van der Waals surface area contributed by atoms with Crippen LogP contribution in [0, 0.1) is 6.92 Å². The van der Waals surface area contributed by atoms with Gasteiger partial charge in [0, 0.05) is 23.9 Å². The number of nitrogens with zero attached hydrogens (tertiary/aromatic N) is 1. The molecule has 0 aliphatic rings. The predicted octanol–water partition coefficient (Wildman–Crippen LogP) is 5.51. The molecule has 0 saturated heterocycles. The maximum Gasteiger partial charge on any atom is 0.290 e. The van der Waals surface area contributed by atoms with Gasteiger partial charge in [0.1, 0.15) is 5.69 Å². The summed E-state index contributed by atoms with van der Waals surface area (Å²) < 4.78 is 37.4. The van der Waals surface area contributed by atoms with E-state index >= 15 is 0 Å². The number of ether oxygens (including phenoxy) is 1. The molecular formula is C31H34N4O6S. The van der Waals surface area contributed by atoms with Crippen molar-refractivity contribution in [3.63, 3.8) is 0 Å². The first-order valence-corrected chi connectivity index (χ1v) is 15.1. The Morgan fingerprint density at radius 3 is 2.33 bits per heavy atom. The number of aromatic nitrogens is 1. The van der Waals surface area contributed by atoms with Gasteiger partial charge in [0.25, 0.3) is 11.8 Å². The number of benzene rings is 3. The van der Waals surface area contributed by atoms with Crippen LogP contribution in [0.4, 0.5) is 11.4 Å². The number of aryl methyl sites for hydroxylation is 1. The Bertz CT molecular complexity index is 1720. The Morgan fingerprint density at radius 1 is 0.976 bits per heavy atom. The molecule has 0 radical (unpaired) electrons. The Balaban J connectivity index is 1.60. The molecule has 1 heterocycles. The van der Waals surface area contributed by atoms with Crippen LogP contribution in [0.5, 0.6) is 5.75 Å². The van der Waals surface area contributed by atoms with Crippen LogP contribution in [-0.4, -0.2) is 38.8 Å². The van der Waals surface area contributed by atoms with Crippen LogP contribution in [0.2, 0.25) is 0 Å². The van der Waals surface area contributed by atoms with Gasteiger partial charge in [-0.1, -0.05) is 62.3 Å². The number of anilines is 2. The van der Waals surface area contributed by atoms with Gasteiger partial charge in [-0.3, -0.25) is 14.3 Å². The highest BCUT2D eigenvalue weighted by atomic mass is 32.2. The van der Waals surface area contributed by atoms with Crippen molar-refractivity contribution in [1.82, 2.24) is 10.5 Å². The third-order valence-corrected chi connectivity index (χ3v) is 7.09. The summed E-state index contributed by atoms with van der Waals surface area (Å²) in [5, 5.41) is 9.76. The number of hydrogen-bond acceptors (Lipinski definition) is 7. The van der Waals surface area contributed by atoms with Crippen molar-refractivity contribution in [2.24, 2.45) is 0 Å². The summed E-state index contributed by atoms with van der Waals surface area (Å²) in [4.78, 5) is 26.2. The molecule has 4 rings (SSSR count). The molecule has 0 unspecified atom stereocenters. The topological polar surface area (TPSA) is 140 Å². The number of amides is 2. The van der Waals surface area contributed by atoms with Crippen molar-refractivity contribution >= 4 is 33.2 Å². The largest absolute Gasteiger partial charge is 0.494 e. The third-order valence-electron chi connectivity index (χ3n) is 6.50. The summed E-state index contributed by atoms with van der Waals surface area (Å²) in [6, 6.07) is 19.7. The number of nitrogens with one attached hydrogen (secondary N) is 3. The van der Waals surface area contributed by atoms with Crippen LogP contribution in [0.25, 0.3) is 11.3 Å². The van der Waals surface area contributed by atoms with Crippen LogP contribution >= 0.6 is 0 Å². The summed E-state index contributed by atoms with van der Waals surface area (Å²) in [6.45, 7) is 8.10. The van der Waals surface area contributed by atoms with E-state index in [1.54, 1.807) is 30.3 Å². The molecule has 42 heavy (non-hydrogen) atoms. The highest BCUT2D eigenvalue weighted by molar-refractivity contribution is 7.92. The summed E-state index contributed by atoms with van der Waals surface area (Å²) in [5.41, 5.74) is 4.04. The minimum Gasteiger partial charge on any atom is -0.494 e. The van der Waals surface area contributed by atoms with Crippen LogP contribution in [0.15, 0.2) is 71.3 Å². The van der Waals surface area contributed by atoms with Gasteiger partial charge in [0.2, 0.25) is 15.8 Å². The van der Waals surface area contributed by atoms with Crippen molar-refractivity contribution in [2.75, 3.05) is 23.4 Å². The van der Waals surface area contributed by atoms with Gasteiger partial charge in [-0.25, -0.2) is 8.42 Å². The van der Waals surface area contributed by atoms with E-state index < -0.39 is 21.8 Å². The summed E-state index contributed by atoms with van der Waals surface area (Å²) in [5.74, 6) is -0.736. The Morgan fingerprint density at radius 2 is 1.69 bits per heavy atom. The van der Waals surface area contributed by atoms with E-state index in [1.807, 2.05) is 64.1 Å². The van der Waals surface area contributed by atoms with Crippen LogP contribution in [-0.2, 0) is 22.0 Å². The highest BCUT2D eigenvalue weighted by Gasteiger charge is 2.25. The SMILES string of the molecule is COc1c(NS(C)(=O)=O)cc(C(C)(C)C)cc1C(=O)Nc1ccc(C)c(-c2cc(C(=O)NCc3ccccc3)on2)c1. The van der Waals surface area contributed by atoms with Crippen molar-refractivity contribution in [3.8, 4) is 17.0 Å². The molecule has 10 nitrogen and oxygen atoms in total. The average Bonchev–Trinajstić information content (AvgIpc) is 3.42. The smallest absolute Gasteiger partial charge is 0.290 e. The summed E-state index contributed by atoms with van der Waals surface area (Å²) >= 11 is 0. The lowest BCUT2D eigenvalue weighted by Crippen LogP contribution is -2.22. The molecule has 0 saturated carbocycles. The molecule has 0 atom stereocenters. The van der Waals surface area contributed by atoms with Gasteiger partial charge in [-0.05, 0) is 53.3 Å². The molecule has 0 spiro atoms. The lowest BCUT2D eigenvalue weighted by atomic mass is 9.85. The minimum absolute atomic E-state index is 0.0596. The number of carbonyl (C=O) groups is 2. The van der Waals surface area contributed by atoms with E-state index in [1.165, 1.54) is 7.11 Å². The van der Waals surface area contributed by atoms with E-state index in [4.69, 9.17) is 9.26 Å². The molecule has 1 aromatic heterocycles. The number of methoxy groups -OCH3 is 1. The maximum absolute atomic E-state index is 13.6. The Kier molecular flexibility index (Phi) is 8.72. The van der Waals surface area contributed by atoms with Crippen molar-refractivity contribution in [3.05, 3.63) is 94.7 Å². The van der Waals surface area contributed by atoms with E-state index in [-0.39, 0.29) is 28.2 Å². The molecule has 4 aromatic rings. The number of sulfonamides is 1. The second-order valence-corrected chi connectivity index (χ2v) is 12.7. The van der Waals surface area contributed by atoms with E-state index in [0.29, 0.717) is 23.5 Å². The van der Waals surface area contributed by atoms with Gasteiger partial charge >= 0.3 is 0 Å². The zero-order chi connectivity index (χ0) is 30.7. The van der Waals surface area contributed by atoms with Crippen molar-refractivity contribution in [2.45, 2.75) is 39.7 Å². The maximum atomic E-state index is 13.6. The van der Waals surface area contributed by atoms with Gasteiger partial charge < -0.3 is 19.9 Å². The fourth-order valence-corrected chi connectivity index (χ4v) is 4.83. The van der Waals surface area contributed by atoms with Gasteiger partial charge in [-0.2, -0.15) is 0 Å². The van der Waals surface area contributed by atoms with Gasteiger partial charge in [0.15, 0.2) is 5.75 Å². The molecule has 0 fully saturated rings. The summed E-state index contributed by atoms with van der Waals surface area (Å²) in [7, 11) is -2.27. The zero-order valence-corrected chi connectivity index (χ0v) is 25.2. The van der Waals surface area contributed by atoms with Crippen LogP contribution in [0.1, 0.15) is 58.4 Å². The number of carbonyl (C=O) groups excluding carboxylic acids is 2. The molecule has 0 bridgehead atoms. The monoisotopic (exact) mass is 590 g/mol. The minimum atomic E-state index is -3.64. The molecule has 0 aliphatic heterocycles. The first-order chi connectivity index (χ1) is 19.7. The van der Waals surface area contributed by atoms with Gasteiger partial charge in [0.05, 0.1) is 24.6 Å². The molecule has 0 aliphatic carbocycles. The molecule has 2 amide bonds. The zero-order valence-electron chi connectivity index (χ0n) is 24.4. The normalized spacial score (nSPS) is 11.6. The van der Waals surface area contributed by atoms with Crippen LogP contribution < -0.4 is 20.1 Å². The second kappa shape index (κ2) is 12.1. The predicted molar refractivity (Wildman–Crippen MR) is 162 cm³/mol. The van der Waals surface area contributed by atoms with E-state index in [2.05, 4.69) is 20.5 Å². The quantitative estimate of drug-likeness (QED) is 0.234. The fraction of sp³-hybridized carbons (Fsp3) is 0.258. The highest BCUT2D eigenvalue weighted by Crippen LogP contribution is 2.36. The van der Waals surface area contributed by atoms with E-state index in [0.717, 1.165) is 22.9 Å². The van der Waals surface area contributed by atoms with E-state index in [9.17, 15) is 18.0 Å².